The molecule has 0 fully saturated rings. The summed E-state index contributed by atoms with van der Waals surface area (Å²) in [4.78, 5) is 12.3. The van der Waals surface area contributed by atoms with E-state index in [1.807, 2.05) is 30.3 Å². The first-order chi connectivity index (χ1) is 10.3. The Hall–Kier alpha value is -2.99. The van der Waals surface area contributed by atoms with Crippen LogP contribution in [0, 0.1) is 11.8 Å². The summed E-state index contributed by atoms with van der Waals surface area (Å²) < 4.78 is 5.70. The molecule has 0 radical (unpaired) electrons. The molecule has 1 heterocycles. The Balaban J connectivity index is 1.97. The second-order valence-corrected chi connectivity index (χ2v) is 4.54. The number of Topliss-reactive ketones (excluding diaryl/α,β-unsaturated/α-hetero) is 1. The standard InChI is InChI=1S/C18H12O3/c19-12-15-17(11-10-13-6-2-1-3-7-13)21-16-9-5-4-8-14(16)18(15)20/h1-9,12,17,19H/b15-12+. The predicted molar refractivity (Wildman–Crippen MR) is 79.2 cm³/mol. The Bertz CT molecular complexity index is 764. The number of hydrogen-bond acceptors (Lipinski definition) is 3. The molecule has 1 unspecified atom stereocenters. The van der Waals surface area contributed by atoms with Crippen molar-refractivity contribution in [3.05, 3.63) is 77.6 Å². The van der Waals surface area contributed by atoms with Crippen LogP contribution in [0.3, 0.4) is 0 Å². The Labute approximate surface area is 122 Å². The van der Waals surface area contributed by atoms with Crippen molar-refractivity contribution >= 4 is 5.78 Å². The molecule has 1 aliphatic heterocycles. The molecule has 0 aliphatic carbocycles. The number of carbonyl (C=O) groups excluding carboxylic acids is 1. The van der Waals surface area contributed by atoms with Gasteiger partial charge in [0, 0.05) is 5.56 Å². The van der Waals surface area contributed by atoms with E-state index in [-0.39, 0.29) is 11.4 Å². The summed E-state index contributed by atoms with van der Waals surface area (Å²) in [6.45, 7) is 0. The first kappa shape index (κ1) is 13.0. The van der Waals surface area contributed by atoms with E-state index in [9.17, 15) is 9.90 Å². The number of rotatable bonds is 0. The van der Waals surface area contributed by atoms with Crippen molar-refractivity contribution in [3.8, 4) is 17.6 Å². The topological polar surface area (TPSA) is 46.5 Å². The smallest absolute Gasteiger partial charge is 0.200 e. The lowest BCUT2D eigenvalue weighted by Crippen LogP contribution is -2.29. The lowest BCUT2D eigenvalue weighted by molar-refractivity contribution is 0.0978. The van der Waals surface area contributed by atoms with E-state index in [1.165, 1.54) is 0 Å². The number of para-hydroxylation sites is 1. The SMILES string of the molecule is O=C1/C(=C/O)C(C#Cc2ccccc2)Oc2ccccc21. The average Bonchev–Trinajstić information content (AvgIpc) is 2.54. The molecule has 21 heavy (non-hydrogen) atoms. The molecular formula is C18H12O3. The van der Waals surface area contributed by atoms with E-state index < -0.39 is 6.10 Å². The summed E-state index contributed by atoms with van der Waals surface area (Å²) in [5, 5.41) is 9.32. The lowest BCUT2D eigenvalue weighted by atomic mass is 9.96. The molecule has 1 aliphatic rings. The highest BCUT2D eigenvalue weighted by Gasteiger charge is 2.30. The third kappa shape index (κ3) is 2.52. The molecule has 0 bridgehead atoms. The molecule has 0 saturated heterocycles. The van der Waals surface area contributed by atoms with Crippen LogP contribution in [-0.2, 0) is 0 Å². The van der Waals surface area contributed by atoms with Gasteiger partial charge in [0.1, 0.15) is 5.75 Å². The molecule has 3 rings (SSSR count). The fourth-order valence-electron chi connectivity index (χ4n) is 2.13. The first-order valence-corrected chi connectivity index (χ1v) is 6.51. The molecule has 1 N–H and O–H groups in total. The van der Waals surface area contributed by atoms with Crippen LogP contribution in [0.5, 0.6) is 5.75 Å². The molecule has 3 nitrogen and oxygen atoms in total. The molecule has 1 atom stereocenters. The summed E-state index contributed by atoms with van der Waals surface area (Å²) in [7, 11) is 0. The Morgan fingerprint density at radius 1 is 1.05 bits per heavy atom. The number of carbonyl (C=O) groups is 1. The van der Waals surface area contributed by atoms with Gasteiger partial charge in [-0.05, 0) is 30.2 Å². The van der Waals surface area contributed by atoms with Crippen molar-refractivity contribution < 1.29 is 14.6 Å². The molecule has 0 aromatic heterocycles. The second kappa shape index (κ2) is 5.56. The second-order valence-electron chi connectivity index (χ2n) is 4.54. The highest BCUT2D eigenvalue weighted by atomic mass is 16.5. The number of aliphatic hydroxyl groups excluding tert-OH is 1. The molecule has 0 amide bonds. The van der Waals surface area contributed by atoms with Crippen molar-refractivity contribution in [1.82, 2.24) is 0 Å². The Morgan fingerprint density at radius 3 is 2.52 bits per heavy atom. The van der Waals surface area contributed by atoms with Crippen LogP contribution in [0.2, 0.25) is 0 Å². The van der Waals surface area contributed by atoms with E-state index in [1.54, 1.807) is 24.3 Å². The highest BCUT2D eigenvalue weighted by Crippen LogP contribution is 2.29. The molecule has 3 heteroatoms. The first-order valence-electron chi connectivity index (χ1n) is 6.51. The van der Waals surface area contributed by atoms with Crippen LogP contribution in [0.4, 0.5) is 0 Å². The quantitative estimate of drug-likeness (QED) is 0.457. The van der Waals surface area contributed by atoms with E-state index >= 15 is 0 Å². The number of aliphatic hydroxyl groups is 1. The predicted octanol–water partition coefficient (Wildman–Crippen LogP) is 3.12. The minimum absolute atomic E-state index is 0.150. The summed E-state index contributed by atoms with van der Waals surface area (Å²) in [6, 6.07) is 16.3. The molecule has 2 aromatic carbocycles. The van der Waals surface area contributed by atoms with Crippen molar-refractivity contribution in [1.29, 1.82) is 0 Å². The summed E-state index contributed by atoms with van der Waals surface area (Å²) >= 11 is 0. The van der Waals surface area contributed by atoms with Crippen LogP contribution in [0.1, 0.15) is 15.9 Å². The van der Waals surface area contributed by atoms with Gasteiger partial charge in [-0.25, -0.2) is 0 Å². The Morgan fingerprint density at radius 2 is 1.76 bits per heavy atom. The highest BCUT2D eigenvalue weighted by molar-refractivity contribution is 6.12. The largest absolute Gasteiger partial charge is 0.515 e. The van der Waals surface area contributed by atoms with E-state index in [0.29, 0.717) is 11.3 Å². The van der Waals surface area contributed by atoms with Gasteiger partial charge in [0.15, 0.2) is 6.10 Å². The molecule has 2 aromatic rings. The minimum atomic E-state index is -0.766. The van der Waals surface area contributed by atoms with Gasteiger partial charge in [-0.15, -0.1) is 0 Å². The number of ether oxygens (including phenoxy) is 1. The zero-order valence-electron chi connectivity index (χ0n) is 11.1. The number of fused-ring (bicyclic) bond motifs is 1. The van der Waals surface area contributed by atoms with Gasteiger partial charge in [0.05, 0.1) is 17.4 Å². The van der Waals surface area contributed by atoms with Crippen molar-refractivity contribution in [2.75, 3.05) is 0 Å². The third-order valence-electron chi connectivity index (χ3n) is 3.18. The van der Waals surface area contributed by atoms with Crippen LogP contribution in [0.25, 0.3) is 0 Å². The van der Waals surface area contributed by atoms with E-state index in [0.717, 1.165) is 11.8 Å². The maximum absolute atomic E-state index is 12.3. The van der Waals surface area contributed by atoms with Gasteiger partial charge in [-0.2, -0.15) is 0 Å². The van der Waals surface area contributed by atoms with Gasteiger partial charge in [0.2, 0.25) is 5.78 Å². The number of hydrogen-bond donors (Lipinski definition) is 1. The molecule has 102 valence electrons. The van der Waals surface area contributed by atoms with Crippen molar-refractivity contribution in [3.63, 3.8) is 0 Å². The van der Waals surface area contributed by atoms with Crippen LogP contribution in [-0.4, -0.2) is 17.0 Å². The summed E-state index contributed by atoms with van der Waals surface area (Å²) in [6.07, 6.45) is 0.0143. The number of benzene rings is 2. The fraction of sp³-hybridized carbons (Fsp3) is 0.0556. The third-order valence-corrected chi connectivity index (χ3v) is 3.18. The van der Waals surface area contributed by atoms with Crippen LogP contribution >= 0.6 is 0 Å². The molecule has 0 saturated carbocycles. The monoisotopic (exact) mass is 276 g/mol. The molecular weight excluding hydrogens is 264 g/mol. The zero-order valence-corrected chi connectivity index (χ0v) is 11.1. The van der Waals surface area contributed by atoms with Crippen LogP contribution < -0.4 is 4.74 Å². The fourth-order valence-corrected chi connectivity index (χ4v) is 2.13. The Kier molecular flexibility index (Phi) is 3.44. The van der Waals surface area contributed by atoms with E-state index in [4.69, 9.17) is 4.74 Å². The molecule has 0 spiro atoms. The number of ketones is 1. The van der Waals surface area contributed by atoms with E-state index in [2.05, 4.69) is 11.8 Å². The van der Waals surface area contributed by atoms with Crippen molar-refractivity contribution in [2.45, 2.75) is 6.10 Å². The zero-order chi connectivity index (χ0) is 14.7. The maximum Gasteiger partial charge on any atom is 0.200 e. The summed E-state index contributed by atoms with van der Waals surface area (Å²) in [5.74, 6) is 6.07. The van der Waals surface area contributed by atoms with Gasteiger partial charge >= 0.3 is 0 Å². The van der Waals surface area contributed by atoms with Crippen LogP contribution in [0.15, 0.2) is 66.4 Å². The average molecular weight is 276 g/mol. The van der Waals surface area contributed by atoms with Gasteiger partial charge in [-0.1, -0.05) is 36.3 Å². The summed E-state index contributed by atoms with van der Waals surface area (Å²) in [5.41, 5.74) is 1.41. The maximum atomic E-state index is 12.3. The van der Waals surface area contributed by atoms with Gasteiger partial charge < -0.3 is 9.84 Å². The normalized spacial score (nSPS) is 18.4. The van der Waals surface area contributed by atoms with Crippen molar-refractivity contribution in [2.24, 2.45) is 0 Å². The minimum Gasteiger partial charge on any atom is -0.515 e. The van der Waals surface area contributed by atoms with Gasteiger partial charge in [-0.3, -0.25) is 4.79 Å². The van der Waals surface area contributed by atoms with Gasteiger partial charge in [0.25, 0.3) is 0 Å². The lowest BCUT2D eigenvalue weighted by Gasteiger charge is -2.23.